The average molecular weight is 501 g/mol. The normalized spacial score (nSPS) is 19.2. The molecule has 0 unspecified atom stereocenters. The van der Waals surface area contributed by atoms with E-state index in [-0.39, 0.29) is 18.0 Å². The number of nitrogens with zero attached hydrogens (tertiary/aromatic N) is 3. The summed E-state index contributed by atoms with van der Waals surface area (Å²) in [5, 5.41) is 3.22. The van der Waals surface area contributed by atoms with Gasteiger partial charge in [0.2, 0.25) is 0 Å². The van der Waals surface area contributed by atoms with E-state index in [4.69, 9.17) is 11.6 Å². The second kappa shape index (κ2) is 10.5. The van der Waals surface area contributed by atoms with Crippen molar-refractivity contribution in [3.8, 4) is 0 Å². The predicted octanol–water partition coefficient (Wildman–Crippen LogP) is 4.61. The average Bonchev–Trinajstić information content (AvgIpc) is 3.30. The van der Waals surface area contributed by atoms with E-state index in [9.17, 15) is 14.0 Å². The third-order valence-corrected chi connectivity index (χ3v) is 7.68. The van der Waals surface area contributed by atoms with Gasteiger partial charge in [-0.3, -0.25) is 9.59 Å². The van der Waals surface area contributed by atoms with Crippen molar-refractivity contribution in [1.82, 2.24) is 14.8 Å². The van der Waals surface area contributed by atoms with Crippen LogP contribution in [0.1, 0.15) is 59.8 Å². The molecule has 188 valence electrons. The van der Waals surface area contributed by atoms with Gasteiger partial charge in [0.15, 0.2) is 0 Å². The van der Waals surface area contributed by atoms with Gasteiger partial charge in [0.05, 0.1) is 12.1 Å². The summed E-state index contributed by atoms with van der Waals surface area (Å²) in [7, 11) is 4.27. The predicted molar refractivity (Wildman–Crippen MR) is 140 cm³/mol. The number of carbonyl (C=O) groups excluding carboxylic acids is 1. The molecular weight excluding hydrogens is 467 g/mol. The SMILES string of the molecule is CCN(c1cc(Cl)cc(C(=O)NCc2c(F)cc3n(c2=O)CC=C3)c1C)C1CCC(N(C)C)CC1. The summed E-state index contributed by atoms with van der Waals surface area (Å²) in [4.78, 5) is 30.5. The van der Waals surface area contributed by atoms with E-state index < -0.39 is 11.4 Å². The quantitative estimate of drug-likeness (QED) is 0.603. The summed E-state index contributed by atoms with van der Waals surface area (Å²) in [5.74, 6) is -0.983. The standard InChI is InChI=1S/C27H34ClFN4O2/c1-5-32(20-10-8-19(9-11-20)31(3)4)25-14-18(28)13-22(17(25)2)26(34)30-16-23-24(29)15-21-7-6-12-33(21)27(23)35/h6-7,13-15,19-20H,5,8-12,16H2,1-4H3,(H,30,34). The molecule has 0 atom stereocenters. The number of hydrogen-bond donors (Lipinski definition) is 1. The molecule has 8 heteroatoms. The molecule has 2 aliphatic rings. The summed E-state index contributed by atoms with van der Waals surface area (Å²) < 4.78 is 16.1. The highest BCUT2D eigenvalue weighted by molar-refractivity contribution is 6.31. The highest BCUT2D eigenvalue weighted by Crippen LogP contribution is 2.34. The number of hydrogen-bond acceptors (Lipinski definition) is 4. The topological polar surface area (TPSA) is 57.6 Å². The Bertz CT molecular complexity index is 1200. The number of rotatable bonds is 7. The first-order chi connectivity index (χ1) is 16.7. The van der Waals surface area contributed by atoms with Gasteiger partial charge < -0.3 is 19.7 Å². The zero-order valence-electron chi connectivity index (χ0n) is 20.9. The van der Waals surface area contributed by atoms with Crippen LogP contribution in [0.4, 0.5) is 10.1 Å². The molecular formula is C27H34ClFN4O2. The lowest BCUT2D eigenvalue weighted by Crippen LogP contribution is -2.42. The molecule has 1 aromatic carbocycles. The number of aromatic nitrogens is 1. The molecule has 2 heterocycles. The van der Waals surface area contributed by atoms with E-state index in [1.165, 1.54) is 10.6 Å². The molecule has 0 saturated heterocycles. The molecule has 35 heavy (non-hydrogen) atoms. The molecule has 1 fully saturated rings. The largest absolute Gasteiger partial charge is 0.369 e. The summed E-state index contributed by atoms with van der Waals surface area (Å²) in [5.41, 5.74) is 2.30. The fraction of sp³-hybridized carbons (Fsp3) is 0.481. The monoisotopic (exact) mass is 500 g/mol. The molecule has 1 aliphatic carbocycles. The summed E-state index contributed by atoms with van der Waals surface area (Å²) in [6.07, 6.45) is 7.97. The molecule has 4 rings (SSSR count). The third kappa shape index (κ3) is 5.16. The number of allylic oxidation sites excluding steroid dienone is 1. The first-order valence-corrected chi connectivity index (χ1v) is 12.7. The molecule has 1 amide bonds. The van der Waals surface area contributed by atoms with E-state index in [0.717, 1.165) is 43.5 Å². The first-order valence-electron chi connectivity index (χ1n) is 12.3. The maximum Gasteiger partial charge on any atom is 0.259 e. The lowest BCUT2D eigenvalue weighted by atomic mass is 9.89. The fourth-order valence-electron chi connectivity index (χ4n) is 5.42. The number of anilines is 1. The van der Waals surface area contributed by atoms with Crippen LogP contribution in [0.3, 0.4) is 0 Å². The highest BCUT2D eigenvalue weighted by atomic mass is 35.5. The third-order valence-electron chi connectivity index (χ3n) is 7.46. The Hall–Kier alpha value is -2.64. The molecule has 1 N–H and O–H groups in total. The maximum atomic E-state index is 14.6. The van der Waals surface area contributed by atoms with Crippen LogP contribution in [0.2, 0.25) is 5.02 Å². The van der Waals surface area contributed by atoms with E-state index in [0.29, 0.717) is 34.9 Å². The number of benzene rings is 1. The first kappa shape index (κ1) is 25.5. The molecule has 1 aliphatic heterocycles. The van der Waals surface area contributed by atoms with Gasteiger partial charge in [-0.2, -0.15) is 0 Å². The molecule has 0 radical (unpaired) electrons. The molecule has 6 nitrogen and oxygen atoms in total. The van der Waals surface area contributed by atoms with Gasteiger partial charge in [0.25, 0.3) is 11.5 Å². The Morgan fingerprint density at radius 2 is 1.86 bits per heavy atom. The summed E-state index contributed by atoms with van der Waals surface area (Å²) in [6.45, 7) is 5.08. The second-order valence-electron chi connectivity index (χ2n) is 9.71. The van der Waals surface area contributed by atoms with Crippen LogP contribution in [-0.2, 0) is 13.1 Å². The number of fused-ring (bicyclic) bond motifs is 1. The lowest BCUT2D eigenvalue weighted by molar-refractivity contribution is 0.0949. The van der Waals surface area contributed by atoms with Gasteiger partial charge in [-0.05, 0) is 83.5 Å². The molecule has 1 saturated carbocycles. The van der Waals surface area contributed by atoms with Crippen LogP contribution < -0.4 is 15.8 Å². The number of nitrogens with one attached hydrogen (secondary N) is 1. The van der Waals surface area contributed by atoms with Crippen molar-refractivity contribution in [2.45, 2.75) is 64.7 Å². The molecule has 2 aromatic rings. The van der Waals surface area contributed by atoms with Crippen molar-refractivity contribution in [1.29, 1.82) is 0 Å². The van der Waals surface area contributed by atoms with Crippen LogP contribution in [0.5, 0.6) is 0 Å². The van der Waals surface area contributed by atoms with Gasteiger partial charge in [0, 0.05) is 47.1 Å². The van der Waals surface area contributed by atoms with E-state index in [1.54, 1.807) is 12.1 Å². The summed E-state index contributed by atoms with van der Waals surface area (Å²) in [6, 6.07) is 5.89. The highest BCUT2D eigenvalue weighted by Gasteiger charge is 2.28. The minimum Gasteiger partial charge on any atom is -0.369 e. The van der Waals surface area contributed by atoms with Crippen molar-refractivity contribution in [2.75, 3.05) is 25.5 Å². The van der Waals surface area contributed by atoms with Gasteiger partial charge in [-0.15, -0.1) is 0 Å². The van der Waals surface area contributed by atoms with Crippen molar-refractivity contribution in [3.05, 3.63) is 67.9 Å². The van der Waals surface area contributed by atoms with Crippen LogP contribution >= 0.6 is 11.6 Å². The van der Waals surface area contributed by atoms with Gasteiger partial charge >= 0.3 is 0 Å². The van der Waals surface area contributed by atoms with Gasteiger partial charge in [0.1, 0.15) is 5.82 Å². The van der Waals surface area contributed by atoms with E-state index in [1.807, 2.05) is 19.1 Å². The van der Waals surface area contributed by atoms with Crippen LogP contribution in [0, 0.1) is 12.7 Å². The van der Waals surface area contributed by atoms with Crippen molar-refractivity contribution in [3.63, 3.8) is 0 Å². The fourth-order valence-corrected chi connectivity index (χ4v) is 5.63. The molecule has 0 bridgehead atoms. The Morgan fingerprint density at radius 1 is 1.17 bits per heavy atom. The minimum atomic E-state index is -0.609. The Labute approximate surface area is 211 Å². The molecule has 1 aromatic heterocycles. The van der Waals surface area contributed by atoms with Crippen molar-refractivity contribution < 1.29 is 9.18 Å². The van der Waals surface area contributed by atoms with Crippen LogP contribution in [0.25, 0.3) is 6.08 Å². The number of amides is 1. The number of carbonyl (C=O) groups is 1. The second-order valence-corrected chi connectivity index (χ2v) is 10.1. The van der Waals surface area contributed by atoms with Gasteiger partial charge in [-0.1, -0.05) is 17.7 Å². The van der Waals surface area contributed by atoms with E-state index >= 15 is 0 Å². The lowest BCUT2D eigenvalue weighted by Gasteiger charge is -2.40. The smallest absolute Gasteiger partial charge is 0.259 e. The van der Waals surface area contributed by atoms with Crippen LogP contribution in [0.15, 0.2) is 29.1 Å². The summed E-state index contributed by atoms with van der Waals surface area (Å²) >= 11 is 6.47. The number of halogens is 2. The molecule has 0 spiro atoms. The zero-order chi connectivity index (χ0) is 25.3. The Kier molecular flexibility index (Phi) is 7.67. The van der Waals surface area contributed by atoms with Crippen molar-refractivity contribution >= 4 is 29.3 Å². The van der Waals surface area contributed by atoms with Crippen molar-refractivity contribution in [2.24, 2.45) is 0 Å². The number of pyridine rings is 1. The Balaban J connectivity index is 1.54. The Morgan fingerprint density at radius 3 is 2.51 bits per heavy atom. The minimum absolute atomic E-state index is 0.0430. The van der Waals surface area contributed by atoms with Crippen LogP contribution in [-0.4, -0.2) is 48.1 Å². The van der Waals surface area contributed by atoms with E-state index in [2.05, 4.69) is 36.1 Å². The van der Waals surface area contributed by atoms with Gasteiger partial charge in [-0.25, -0.2) is 4.39 Å². The maximum absolute atomic E-state index is 14.6. The zero-order valence-corrected chi connectivity index (χ0v) is 21.7.